The lowest BCUT2D eigenvalue weighted by atomic mass is 10.0. The Kier molecular flexibility index (Phi) is 5.88. The van der Waals surface area contributed by atoms with E-state index in [1.807, 2.05) is 35.9 Å². The molecule has 0 saturated carbocycles. The number of hydrogen-bond donors (Lipinski definition) is 1. The topological polar surface area (TPSA) is 81.2 Å². The Morgan fingerprint density at radius 1 is 1.38 bits per heavy atom. The van der Waals surface area contributed by atoms with Crippen molar-refractivity contribution in [2.45, 2.75) is 37.4 Å². The van der Waals surface area contributed by atoms with Gasteiger partial charge < -0.3 is 10.6 Å². The summed E-state index contributed by atoms with van der Waals surface area (Å²) in [6.45, 7) is 2.53. The normalized spacial score (nSPS) is 17.3. The Balaban J connectivity index is 1.73. The molecule has 1 aliphatic rings. The van der Waals surface area contributed by atoms with Gasteiger partial charge in [-0.3, -0.25) is 14.2 Å². The van der Waals surface area contributed by atoms with Crippen LogP contribution >= 0.6 is 23.4 Å². The minimum absolute atomic E-state index is 0.0872. The fourth-order valence-corrected chi connectivity index (χ4v) is 4.19. The Hall–Kier alpha value is -1.99. The average Bonchev–Trinajstić information content (AvgIpc) is 3.10. The second-order valence-electron chi connectivity index (χ2n) is 6.25. The highest BCUT2D eigenvalue weighted by Gasteiger charge is 2.30. The van der Waals surface area contributed by atoms with Gasteiger partial charge in [0.2, 0.25) is 11.8 Å². The first kappa shape index (κ1) is 18.8. The standard InChI is InChI=1S/C18H21ClN4O2S/c1-12-13(19)5-4-7-14(12)23-10-8-21-18(23)26-11-16(24)22-9-3-2-6-15(22)17(20)25/h4-5,7-8,10,15H,2-3,6,9,11H2,1H3,(H2,20,25). The number of aromatic nitrogens is 2. The van der Waals surface area contributed by atoms with Gasteiger partial charge in [0.05, 0.1) is 11.4 Å². The van der Waals surface area contributed by atoms with E-state index in [1.54, 1.807) is 11.1 Å². The molecule has 2 amide bonds. The number of piperidine rings is 1. The van der Waals surface area contributed by atoms with Crippen LogP contribution < -0.4 is 5.73 Å². The number of thioether (sulfide) groups is 1. The zero-order valence-corrected chi connectivity index (χ0v) is 16.1. The number of nitrogens with zero attached hydrogens (tertiary/aromatic N) is 3. The summed E-state index contributed by atoms with van der Waals surface area (Å²) in [6.07, 6.45) is 6.00. The zero-order chi connectivity index (χ0) is 18.7. The molecule has 0 spiro atoms. The third kappa shape index (κ3) is 3.88. The van der Waals surface area contributed by atoms with Crippen molar-refractivity contribution in [3.63, 3.8) is 0 Å². The van der Waals surface area contributed by atoms with Crippen molar-refractivity contribution in [1.29, 1.82) is 0 Å². The van der Waals surface area contributed by atoms with Crippen LogP contribution in [0.2, 0.25) is 5.02 Å². The molecule has 2 heterocycles. The highest BCUT2D eigenvalue weighted by molar-refractivity contribution is 7.99. The summed E-state index contributed by atoms with van der Waals surface area (Å²) >= 11 is 7.56. The largest absolute Gasteiger partial charge is 0.368 e. The molecule has 1 fully saturated rings. The van der Waals surface area contributed by atoms with Gasteiger partial charge >= 0.3 is 0 Å². The number of carbonyl (C=O) groups is 2. The third-order valence-corrected chi connectivity index (χ3v) is 5.94. The minimum Gasteiger partial charge on any atom is -0.368 e. The fraction of sp³-hybridized carbons (Fsp3) is 0.389. The Morgan fingerprint density at radius 2 is 2.19 bits per heavy atom. The SMILES string of the molecule is Cc1c(Cl)cccc1-n1ccnc1SCC(=O)N1CCCCC1C(N)=O. The van der Waals surface area contributed by atoms with Crippen molar-refractivity contribution in [3.05, 3.63) is 41.2 Å². The molecular formula is C18H21ClN4O2S. The smallest absolute Gasteiger partial charge is 0.240 e. The lowest BCUT2D eigenvalue weighted by Gasteiger charge is -2.33. The van der Waals surface area contributed by atoms with E-state index in [0.717, 1.165) is 24.1 Å². The van der Waals surface area contributed by atoms with Crippen LogP contribution in [0, 0.1) is 6.92 Å². The maximum atomic E-state index is 12.6. The van der Waals surface area contributed by atoms with Crippen LogP contribution in [0.5, 0.6) is 0 Å². The van der Waals surface area contributed by atoms with Gasteiger partial charge in [-0.15, -0.1) is 0 Å². The molecule has 26 heavy (non-hydrogen) atoms. The van der Waals surface area contributed by atoms with E-state index >= 15 is 0 Å². The van der Waals surface area contributed by atoms with Crippen LogP contribution in [0.25, 0.3) is 5.69 Å². The summed E-state index contributed by atoms with van der Waals surface area (Å²) in [7, 11) is 0. The molecule has 1 aromatic carbocycles. The summed E-state index contributed by atoms with van der Waals surface area (Å²) in [5.74, 6) is -0.310. The van der Waals surface area contributed by atoms with Crippen LogP contribution in [0.4, 0.5) is 0 Å². The van der Waals surface area contributed by atoms with Crippen molar-refractivity contribution < 1.29 is 9.59 Å². The van der Waals surface area contributed by atoms with E-state index in [9.17, 15) is 9.59 Å². The van der Waals surface area contributed by atoms with E-state index in [-0.39, 0.29) is 11.7 Å². The second-order valence-corrected chi connectivity index (χ2v) is 7.60. The first-order chi connectivity index (χ1) is 12.5. The summed E-state index contributed by atoms with van der Waals surface area (Å²) in [5, 5.41) is 1.39. The maximum absolute atomic E-state index is 12.6. The molecule has 1 saturated heterocycles. The summed E-state index contributed by atoms with van der Waals surface area (Å²) in [4.78, 5) is 30.2. The summed E-state index contributed by atoms with van der Waals surface area (Å²) in [6, 6.07) is 5.19. The Labute approximate surface area is 161 Å². The maximum Gasteiger partial charge on any atom is 0.240 e. The summed E-state index contributed by atoms with van der Waals surface area (Å²) in [5.41, 5.74) is 7.33. The molecule has 0 aliphatic carbocycles. The quantitative estimate of drug-likeness (QED) is 0.793. The molecule has 1 unspecified atom stereocenters. The highest BCUT2D eigenvalue weighted by Crippen LogP contribution is 2.27. The molecule has 8 heteroatoms. The number of primary amides is 1. The molecule has 2 N–H and O–H groups in total. The third-order valence-electron chi connectivity index (χ3n) is 4.58. The molecule has 3 rings (SSSR count). The predicted molar refractivity (Wildman–Crippen MR) is 103 cm³/mol. The van der Waals surface area contributed by atoms with E-state index in [1.165, 1.54) is 11.8 Å². The molecule has 2 aromatic rings. The minimum atomic E-state index is -0.494. The van der Waals surface area contributed by atoms with Gasteiger partial charge in [-0.2, -0.15) is 0 Å². The van der Waals surface area contributed by atoms with E-state index in [4.69, 9.17) is 17.3 Å². The lowest BCUT2D eigenvalue weighted by Crippen LogP contribution is -2.51. The van der Waals surface area contributed by atoms with Crippen molar-refractivity contribution in [2.24, 2.45) is 5.73 Å². The van der Waals surface area contributed by atoms with Crippen molar-refractivity contribution in [1.82, 2.24) is 14.5 Å². The molecule has 6 nitrogen and oxygen atoms in total. The van der Waals surface area contributed by atoms with Crippen LogP contribution in [0.15, 0.2) is 35.7 Å². The number of rotatable bonds is 5. The number of hydrogen-bond acceptors (Lipinski definition) is 4. The van der Waals surface area contributed by atoms with Crippen LogP contribution in [-0.2, 0) is 9.59 Å². The number of likely N-dealkylation sites (tertiary alicyclic amines) is 1. The fourth-order valence-electron chi connectivity index (χ4n) is 3.17. The zero-order valence-electron chi connectivity index (χ0n) is 14.5. The van der Waals surface area contributed by atoms with Gasteiger partial charge in [0.15, 0.2) is 5.16 Å². The number of amides is 2. The van der Waals surface area contributed by atoms with E-state index < -0.39 is 11.9 Å². The highest BCUT2D eigenvalue weighted by atomic mass is 35.5. The summed E-state index contributed by atoms with van der Waals surface area (Å²) < 4.78 is 1.92. The van der Waals surface area contributed by atoms with Crippen molar-refractivity contribution in [2.75, 3.05) is 12.3 Å². The monoisotopic (exact) mass is 392 g/mol. The van der Waals surface area contributed by atoms with Gasteiger partial charge in [0, 0.05) is 24.0 Å². The second kappa shape index (κ2) is 8.14. The first-order valence-corrected chi connectivity index (χ1v) is 9.86. The predicted octanol–water partition coefficient (Wildman–Crippen LogP) is 2.79. The molecule has 1 aromatic heterocycles. The first-order valence-electron chi connectivity index (χ1n) is 8.49. The Bertz CT molecular complexity index is 823. The van der Waals surface area contributed by atoms with E-state index in [2.05, 4.69) is 4.98 Å². The number of imidazole rings is 1. The van der Waals surface area contributed by atoms with Gasteiger partial charge in [-0.05, 0) is 43.9 Å². The van der Waals surface area contributed by atoms with Crippen molar-refractivity contribution in [3.8, 4) is 5.69 Å². The van der Waals surface area contributed by atoms with Crippen LogP contribution in [0.3, 0.4) is 0 Å². The van der Waals surface area contributed by atoms with Gasteiger partial charge in [-0.1, -0.05) is 29.4 Å². The molecule has 0 radical (unpaired) electrons. The average molecular weight is 393 g/mol. The molecule has 1 atom stereocenters. The number of benzene rings is 1. The molecule has 138 valence electrons. The number of halogens is 1. The molecule has 1 aliphatic heterocycles. The van der Waals surface area contributed by atoms with E-state index in [0.29, 0.717) is 23.1 Å². The number of nitrogens with two attached hydrogens (primary N) is 1. The number of carbonyl (C=O) groups excluding carboxylic acids is 2. The lowest BCUT2D eigenvalue weighted by molar-refractivity contribution is -0.138. The van der Waals surface area contributed by atoms with Crippen LogP contribution in [0.1, 0.15) is 24.8 Å². The van der Waals surface area contributed by atoms with Gasteiger partial charge in [-0.25, -0.2) is 4.98 Å². The molecular weight excluding hydrogens is 372 g/mol. The van der Waals surface area contributed by atoms with Crippen molar-refractivity contribution >= 4 is 35.2 Å². The van der Waals surface area contributed by atoms with Gasteiger partial charge in [0.1, 0.15) is 6.04 Å². The Morgan fingerprint density at radius 3 is 2.96 bits per heavy atom. The molecule has 0 bridgehead atoms. The van der Waals surface area contributed by atoms with Crippen LogP contribution in [-0.4, -0.2) is 44.6 Å². The van der Waals surface area contributed by atoms with Gasteiger partial charge in [0.25, 0.3) is 0 Å².